The average Bonchev–Trinajstić information content (AvgIpc) is 2.44. The number of carbonyl (C=O) groups is 1. The molecule has 0 saturated heterocycles. The van der Waals surface area contributed by atoms with Crippen LogP contribution in [-0.2, 0) is 0 Å². The van der Waals surface area contributed by atoms with Crippen molar-refractivity contribution in [2.75, 3.05) is 18.8 Å². The van der Waals surface area contributed by atoms with E-state index in [2.05, 4.69) is 11.9 Å². The molecule has 2 rings (SSSR count). The Morgan fingerprint density at radius 3 is 2.74 bits per heavy atom. The third-order valence-electron chi connectivity index (χ3n) is 3.13. The summed E-state index contributed by atoms with van der Waals surface area (Å²) in [6.45, 7) is 5.45. The van der Waals surface area contributed by atoms with Crippen LogP contribution in [0.2, 0.25) is 0 Å². The zero-order valence-electron chi connectivity index (χ0n) is 11.4. The standard InChI is InChI=1S/C15H19N3O/c1-3-9-18(4-2)15(19)14-10-12(16)11-7-5-6-8-13(11)17-14/h5-8,10H,3-4,9H2,1-2H3,(H2,16,17). The number of nitrogen functional groups attached to an aromatic ring is 1. The molecule has 0 atom stereocenters. The SMILES string of the molecule is CCCN(CC)C(=O)c1cc(N)c2ccccc2n1. The van der Waals surface area contributed by atoms with Crippen molar-refractivity contribution in [1.29, 1.82) is 0 Å². The van der Waals surface area contributed by atoms with E-state index >= 15 is 0 Å². The van der Waals surface area contributed by atoms with Gasteiger partial charge >= 0.3 is 0 Å². The third-order valence-corrected chi connectivity index (χ3v) is 3.13. The Kier molecular flexibility index (Phi) is 4.00. The molecule has 100 valence electrons. The molecule has 1 aromatic heterocycles. The maximum absolute atomic E-state index is 12.4. The van der Waals surface area contributed by atoms with Gasteiger partial charge < -0.3 is 10.6 Å². The van der Waals surface area contributed by atoms with Crippen molar-refractivity contribution in [3.05, 3.63) is 36.0 Å². The van der Waals surface area contributed by atoms with Gasteiger partial charge in [0.1, 0.15) is 5.69 Å². The summed E-state index contributed by atoms with van der Waals surface area (Å²) in [6.07, 6.45) is 0.933. The van der Waals surface area contributed by atoms with Gasteiger partial charge in [-0.3, -0.25) is 4.79 Å². The monoisotopic (exact) mass is 257 g/mol. The van der Waals surface area contributed by atoms with Crippen LogP contribution in [0.1, 0.15) is 30.8 Å². The molecular formula is C15H19N3O. The number of fused-ring (bicyclic) bond motifs is 1. The molecule has 0 spiro atoms. The molecule has 0 aliphatic rings. The van der Waals surface area contributed by atoms with Crippen LogP contribution >= 0.6 is 0 Å². The van der Waals surface area contributed by atoms with E-state index in [1.807, 2.05) is 31.2 Å². The van der Waals surface area contributed by atoms with Gasteiger partial charge in [0.25, 0.3) is 5.91 Å². The largest absolute Gasteiger partial charge is 0.398 e. The van der Waals surface area contributed by atoms with Crippen molar-refractivity contribution >= 4 is 22.5 Å². The predicted octanol–water partition coefficient (Wildman–Crippen LogP) is 2.69. The lowest BCUT2D eigenvalue weighted by Gasteiger charge is -2.19. The van der Waals surface area contributed by atoms with Crippen molar-refractivity contribution in [1.82, 2.24) is 9.88 Å². The molecule has 4 heteroatoms. The Hall–Kier alpha value is -2.10. The Bertz CT molecular complexity index is 595. The molecular weight excluding hydrogens is 238 g/mol. The zero-order chi connectivity index (χ0) is 13.8. The van der Waals surface area contributed by atoms with Crippen LogP contribution in [0.5, 0.6) is 0 Å². The number of para-hydroxylation sites is 1. The lowest BCUT2D eigenvalue weighted by atomic mass is 10.1. The lowest BCUT2D eigenvalue weighted by Crippen LogP contribution is -2.32. The minimum Gasteiger partial charge on any atom is -0.398 e. The summed E-state index contributed by atoms with van der Waals surface area (Å²) in [5.74, 6) is -0.0539. The van der Waals surface area contributed by atoms with Crippen LogP contribution in [0, 0.1) is 0 Å². The molecule has 2 N–H and O–H groups in total. The molecule has 0 aliphatic carbocycles. The number of hydrogen-bond acceptors (Lipinski definition) is 3. The van der Waals surface area contributed by atoms with Gasteiger partial charge in [-0.2, -0.15) is 0 Å². The number of pyridine rings is 1. The average molecular weight is 257 g/mol. The summed E-state index contributed by atoms with van der Waals surface area (Å²) in [5.41, 5.74) is 7.78. The van der Waals surface area contributed by atoms with Crippen molar-refractivity contribution in [3.8, 4) is 0 Å². The smallest absolute Gasteiger partial charge is 0.272 e. The highest BCUT2D eigenvalue weighted by Crippen LogP contribution is 2.20. The number of carbonyl (C=O) groups excluding carboxylic acids is 1. The molecule has 1 heterocycles. The minimum absolute atomic E-state index is 0.0539. The van der Waals surface area contributed by atoms with Crippen molar-refractivity contribution in [2.24, 2.45) is 0 Å². The third kappa shape index (κ3) is 2.67. The van der Waals surface area contributed by atoms with E-state index in [4.69, 9.17) is 5.73 Å². The first-order valence-electron chi connectivity index (χ1n) is 6.61. The normalized spacial score (nSPS) is 10.6. The molecule has 1 aromatic carbocycles. The van der Waals surface area contributed by atoms with Gasteiger partial charge in [0.15, 0.2) is 0 Å². The highest BCUT2D eigenvalue weighted by Gasteiger charge is 2.16. The van der Waals surface area contributed by atoms with Gasteiger partial charge in [-0.05, 0) is 25.5 Å². The van der Waals surface area contributed by atoms with Crippen LogP contribution in [0.25, 0.3) is 10.9 Å². The number of benzene rings is 1. The highest BCUT2D eigenvalue weighted by molar-refractivity contribution is 5.99. The van der Waals surface area contributed by atoms with Gasteiger partial charge in [-0.15, -0.1) is 0 Å². The second-order valence-corrected chi connectivity index (χ2v) is 4.50. The predicted molar refractivity (Wildman–Crippen MR) is 78.0 cm³/mol. The van der Waals surface area contributed by atoms with E-state index in [-0.39, 0.29) is 5.91 Å². The lowest BCUT2D eigenvalue weighted by molar-refractivity contribution is 0.0759. The van der Waals surface area contributed by atoms with E-state index in [0.29, 0.717) is 17.9 Å². The van der Waals surface area contributed by atoms with Gasteiger partial charge in [0, 0.05) is 24.2 Å². The van der Waals surface area contributed by atoms with Gasteiger partial charge in [0.05, 0.1) is 5.52 Å². The Morgan fingerprint density at radius 1 is 1.32 bits per heavy atom. The van der Waals surface area contributed by atoms with Crippen LogP contribution in [0.15, 0.2) is 30.3 Å². The van der Waals surface area contributed by atoms with Gasteiger partial charge in [-0.25, -0.2) is 4.98 Å². The highest BCUT2D eigenvalue weighted by atomic mass is 16.2. The Labute approximate surface area is 113 Å². The molecule has 4 nitrogen and oxygen atoms in total. The van der Waals surface area contributed by atoms with E-state index in [1.165, 1.54) is 0 Å². The van der Waals surface area contributed by atoms with Crippen LogP contribution in [-0.4, -0.2) is 28.9 Å². The molecule has 0 fully saturated rings. The molecule has 0 radical (unpaired) electrons. The number of anilines is 1. The maximum Gasteiger partial charge on any atom is 0.272 e. The van der Waals surface area contributed by atoms with Crippen molar-refractivity contribution in [3.63, 3.8) is 0 Å². The zero-order valence-corrected chi connectivity index (χ0v) is 11.4. The number of hydrogen-bond donors (Lipinski definition) is 1. The summed E-state index contributed by atoms with van der Waals surface area (Å²) >= 11 is 0. The van der Waals surface area contributed by atoms with Crippen molar-refractivity contribution in [2.45, 2.75) is 20.3 Å². The molecule has 0 unspecified atom stereocenters. The summed E-state index contributed by atoms with van der Waals surface area (Å²) in [7, 11) is 0. The van der Waals surface area contributed by atoms with Crippen molar-refractivity contribution < 1.29 is 4.79 Å². The van der Waals surface area contributed by atoms with Gasteiger partial charge in [0.2, 0.25) is 0 Å². The second-order valence-electron chi connectivity index (χ2n) is 4.50. The Balaban J connectivity index is 2.42. The molecule has 0 aliphatic heterocycles. The second kappa shape index (κ2) is 5.69. The summed E-state index contributed by atoms with van der Waals surface area (Å²) in [5, 5.41) is 0.887. The van der Waals surface area contributed by atoms with E-state index in [9.17, 15) is 4.79 Å². The van der Waals surface area contributed by atoms with Crippen LogP contribution < -0.4 is 5.73 Å². The Morgan fingerprint density at radius 2 is 2.05 bits per heavy atom. The van der Waals surface area contributed by atoms with Crippen LogP contribution in [0.3, 0.4) is 0 Å². The fourth-order valence-corrected chi connectivity index (χ4v) is 2.15. The summed E-state index contributed by atoms with van der Waals surface area (Å²) in [6, 6.07) is 9.26. The fraction of sp³-hybridized carbons (Fsp3) is 0.333. The first kappa shape index (κ1) is 13.3. The summed E-state index contributed by atoms with van der Waals surface area (Å²) < 4.78 is 0. The van der Waals surface area contributed by atoms with Crippen LogP contribution in [0.4, 0.5) is 5.69 Å². The molecule has 0 bridgehead atoms. The first-order valence-corrected chi connectivity index (χ1v) is 6.61. The molecule has 19 heavy (non-hydrogen) atoms. The molecule has 2 aromatic rings. The fourth-order valence-electron chi connectivity index (χ4n) is 2.15. The minimum atomic E-state index is -0.0539. The quantitative estimate of drug-likeness (QED) is 0.916. The number of rotatable bonds is 4. The maximum atomic E-state index is 12.4. The van der Waals surface area contributed by atoms with E-state index in [1.54, 1.807) is 11.0 Å². The number of amides is 1. The summed E-state index contributed by atoms with van der Waals surface area (Å²) in [4.78, 5) is 18.6. The van der Waals surface area contributed by atoms with Gasteiger partial charge in [-0.1, -0.05) is 25.1 Å². The number of aromatic nitrogens is 1. The first-order chi connectivity index (χ1) is 9.17. The molecule has 1 amide bonds. The molecule has 0 saturated carbocycles. The van der Waals surface area contributed by atoms with E-state index in [0.717, 1.165) is 23.9 Å². The van der Waals surface area contributed by atoms with E-state index < -0.39 is 0 Å². The topological polar surface area (TPSA) is 59.2 Å². The number of nitrogens with zero attached hydrogens (tertiary/aromatic N) is 2. The number of nitrogens with two attached hydrogens (primary N) is 1.